The van der Waals surface area contributed by atoms with Crippen molar-refractivity contribution in [1.29, 1.82) is 0 Å². The maximum absolute atomic E-state index is 12.7. The zero-order chi connectivity index (χ0) is 25.4. The molecule has 0 saturated heterocycles. The second-order valence-electron chi connectivity index (χ2n) is 12.0. The average Bonchev–Trinajstić information content (AvgIpc) is 2.75. The molecule has 0 radical (unpaired) electrons. The molecule has 0 aromatic heterocycles. The summed E-state index contributed by atoms with van der Waals surface area (Å²) in [5.74, 6) is 1.75. The van der Waals surface area contributed by atoms with Crippen LogP contribution in [0.4, 0.5) is 0 Å². The molecular weight excluding hydrogens is 460 g/mol. The van der Waals surface area contributed by atoms with Gasteiger partial charge in [-0.05, 0) is 37.0 Å². The third kappa shape index (κ3) is 16.5. The molecule has 35 heavy (non-hydrogen) atoms. The van der Waals surface area contributed by atoms with Crippen molar-refractivity contribution in [3.8, 4) is 0 Å². The first kappa shape index (κ1) is 34.2. The first-order valence-corrected chi connectivity index (χ1v) is 14.4. The number of hydrogen-bond acceptors (Lipinski definition) is 3. The highest BCUT2D eigenvalue weighted by molar-refractivity contribution is 5.75. The van der Waals surface area contributed by atoms with E-state index < -0.39 is 0 Å². The Hall–Kier alpha value is -0.810. The molecule has 0 spiro atoms. The molecule has 1 aliphatic rings. The summed E-state index contributed by atoms with van der Waals surface area (Å²) in [6.07, 6.45) is 16.4. The molecule has 0 aromatic rings. The number of nitrogens with one attached hydrogen (secondary N) is 1. The number of carbonyl (C=O) groups excluding carboxylic acids is 2. The molecule has 0 heterocycles. The lowest BCUT2D eigenvalue weighted by Gasteiger charge is -2.37. The van der Waals surface area contributed by atoms with Gasteiger partial charge in [-0.3, -0.25) is 4.79 Å². The summed E-state index contributed by atoms with van der Waals surface area (Å²) in [5.41, 5.74) is 0. The minimum atomic E-state index is -0.0795. The topological polar surface area (TPSA) is 55.4 Å². The summed E-state index contributed by atoms with van der Waals surface area (Å²) in [6, 6.07) is 0. The molecule has 3 unspecified atom stereocenters. The van der Waals surface area contributed by atoms with Crippen molar-refractivity contribution < 1.29 is 31.2 Å². The Morgan fingerprint density at radius 3 is 2.14 bits per heavy atom. The Morgan fingerprint density at radius 2 is 1.54 bits per heavy atom. The van der Waals surface area contributed by atoms with Gasteiger partial charge in [0, 0.05) is 19.4 Å². The van der Waals surface area contributed by atoms with Crippen LogP contribution in [-0.4, -0.2) is 56.2 Å². The molecule has 1 aliphatic carbocycles. The smallest absolute Gasteiger partial charge is 0.362 e. The molecular formula is C29H57ClN2O3. The fraction of sp³-hybridized carbons (Fsp3) is 0.931. The summed E-state index contributed by atoms with van der Waals surface area (Å²) < 4.78 is 6.59. The van der Waals surface area contributed by atoms with Crippen LogP contribution in [0.2, 0.25) is 0 Å². The van der Waals surface area contributed by atoms with Gasteiger partial charge in [0.15, 0.2) is 6.54 Å². The molecule has 5 nitrogen and oxygen atoms in total. The summed E-state index contributed by atoms with van der Waals surface area (Å²) >= 11 is 0. The number of likely N-dealkylation sites (N-methyl/N-ethyl adjacent to an activating group) is 1. The van der Waals surface area contributed by atoms with E-state index in [1.807, 2.05) is 0 Å². The van der Waals surface area contributed by atoms with Gasteiger partial charge in [0.05, 0.1) is 20.6 Å². The molecule has 6 heteroatoms. The molecule has 0 aliphatic heterocycles. The van der Waals surface area contributed by atoms with E-state index in [0.717, 1.165) is 38.6 Å². The van der Waals surface area contributed by atoms with E-state index >= 15 is 0 Å². The molecule has 0 bridgehead atoms. The fourth-order valence-electron chi connectivity index (χ4n) is 5.30. The summed E-state index contributed by atoms with van der Waals surface area (Å²) in [6.45, 7) is 10.9. The van der Waals surface area contributed by atoms with Crippen molar-refractivity contribution in [2.24, 2.45) is 17.8 Å². The van der Waals surface area contributed by atoms with E-state index in [2.05, 4.69) is 47.1 Å². The van der Waals surface area contributed by atoms with E-state index in [1.165, 1.54) is 51.4 Å². The van der Waals surface area contributed by atoms with Gasteiger partial charge < -0.3 is 26.9 Å². The number of carbonyl (C=O) groups is 2. The predicted molar refractivity (Wildman–Crippen MR) is 143 cm³/mol. The van der Waals surface area contributed by atoms with Gasteiger partial charge >= 0.3 is 5.97 Å². The van der Waals surface area contributed by atoms with Crippen molar-refractivity contribution in [2.45, 2.75) is 124 Å². The normalized spacial score (nSPS) is 20.4. The fourth-order valence-corrected chi connectivity index (χ4v) is 5.30. The third-order valence-corrected chi connectivity index (χ3v) is 7.57. The van der Waals surface area contributed by atoms with Gasteiger partial charge in [0.2, 0.25) is 5.91 Å². The Balaban J connectivity index is 0.0000116. The van der Waals surface area contributed by atoms with Crippen LogP contribution < -0.4 is 17.7 Å². The van der Waals surface area contributed by atoms with Crippen LogP contribution in [0.15, 0.2) is 0 Å². The molecule has 0 aromatic carbocycles. The van der Waals surface area contributed by atoms with Gasteiger partial charge in [-0.2, -0.15) is 0 Å². The number of quaternary nitrogens is 1. The van der Waals surface area contributed by atoms with E-state index in [1.54, 1.807) is 0 Å². The highest BCUT2D eigenvalue weighted by Crippen LogP contribution is 2.35. The molecule has 1 N–H and O–H groups in total. The quantitative estimate of drug-likeness (QED) is 0.172. The lowest BCUT2D eigenvalue weighted by Crippen LogP contribution is -3.00. The van der Waals surface area contributed by atoms with Crippen LogP contribution in [0.1, 0.15) is 118 Å². The minimum Gasteiger partial charge on any atom is -1.00 e. The summed E-state index contributed by atoms with van der Waals surface area (Å²) in [4.78, 5) is 24.8. The van der Waals surface area contributed by atoms with Crippen molar-refractivity contribution in [2.75, 3.05) is 33.7 Å². The Morgan fingerprint density at radius 1 is 0.943 bits per heavy atom. The lowest BCUT2D eigenvalue weighted by molar-refractivity contribution is -0.883. The lowest BCUT2D eigenvalue weighted by atomic mass is 9.75. The maximum Gasteiger partial charge on any atom is 0.362 e. The Kier molecular flexibility index (Phi) is 18.9. The first-order chi connectivity index (χ1) is 16.1. The number of ether oxygens (including phenoxy) is 1. The number of esters is 1. The average molecular weight is 517 g/mol. The van der Waals surface area contributed by atoms with Crippen molar-refractivity contribution in [3.63, 3.8) is 0 Å². The van der Waals surface area contributed by atoms with Gasteiger partial charge in [0.25, 0.3) is 0 Å². The Bertz CT molecular complexity index is 568. The van der Waals surface area contributed by atoms with E-state index in [4.69, 9.17) is 4.74 Å². The van der Waals surface area contributed by atoms with E-state index in [9.17, 15) is 9.59 Å². The first-order valence-electron chi connectivity index (χ1n) is 14.4. The predicted octanol–water partition coefficient (Wildman–Crippen LogP) is 3.50. The van der Waals surface area contributed by atoms with Crippen LogP contribution >= 0.6 is 0 Å². The van der Waals surface area contributed by atoms with E-state index in [-0.39, 0.29) is 30.4 Å². The SMILES string of the molecule is CCCCCCCCCCCC(=O)NCCC[N+](C)(C)CC(=O)OC1CC(C)CCC1C(C)C.[Cl-]. The summed E-state index contributed by atoms with van der Waals surface area (Å²) in [5, 5.41) is 3.06. The molecule has 3 atom stereocenters. The number of amides is 1. The van der Waals surface area contributed by atoms with Crippen molar-refractivity contribution in [1.82, 2.24) is 5.32 Å². The number of halogens is 1. The number of unbranched alkanes of at least 4 members (excludes halogenated alkanes) is 8. The highest BCUT2D eigenvalue weighted by Gasteiger charge is 2.34. The third-order valence-electron chi connectivity index (χ3n) is 7.57. The molecule has 1 rings (SSSR count). The van der Waals surface area contributed by atoms with Crippen molar-refractivity contribution >= 4 is 11.9 Å². The monoisotopic (exact) mass is 516 g/mol. The van der Waals surface area contributed by atoms with Gasteiger partial charge in [-0.25, -0.2) is 4.79 Å². The van der Waals surface area contributed by atoms with Crippen LogP contribution in [0.5, 0.6) is 0 Å². The van der Waals surface area contributed by atoms with Crippen LogP contribution in [0.3, 0.4) is 0 Å². The minimum absolute atomic E-state index is 0. The Labute approximate surface area is 223 Å². The van der Waals surface area contributed by atoms with Gasteiger partial charge in [0.1, 0.15) is 6.10 Å². The van der Waals surface area contributed by atoms with E-state index in [0.29, 0.717) is 41.7 Å². The highest BCUT2D eigenvalue weighted by atomic mass is 35.5. The summed E-state index contributed by atoms with van der Waals surface area (Å²) in [7, 11) is 4.16. The zero-order valence-electron chi connectivity index (χ0n) is 23.9. The number of nitrogens with zero attached hydrogens (tertiary/aromatic N) is 1. The molecule has 1 saturated carbocycles. The van der Waals surface area contributed by atoms with Crippen molar-refractivity contribution in [3.05, 3.63) is 0 Å². The van der Waals surface area contributed by atoms with Gasteiger partial charge in [-0.15, -0.1) is 0 Å². The second kappa shape index (κ2) is 19.3. The van der Waals surface area contributed by atoms with Crippen LogP contribution in [0, 0.1) is 17.8 Å². The number of hydrogen-bond donors (Lipinski definition) is 1. The molecule has 1 fully saturated rings. The maximum atomic E-state index is 12.7. The largest absolute Gasteiger partial charge is 1.00 e. The standard InChI is InChI=1S/C29H56N2O3.ClH/c1-7-8-9-10-11-12-13-14-15-17-28(32)30-20-16-21-31(5,6)23-29(33)34-27-22-25(4)18-19-26(27)24(2)3;/h24-27H,7-23H2,1-6H3;1H. The van der Waals surface area contributed by atoms with Crippen LogP contribution in [-0.2, 0) is 14.3 Å². The zero-order valence-corrected chi connectivity index (χ0v) is 24.6. The van der Waals surface area contributed by atoms with Gasteiger partial charge in [-0.1, -0.05) is 85.5 Å². The molecule has 208 valence electrons. The second-order valence-corrected chi connectivity index (χ2v) is 12.0. The van der Waals surface area contributed by atoms with Crippen LogP contribution in [0.25, 0.3) is 0 Å². The number of rotatable bonds is 18. The molecule has 1 amide bonds.